The third-order valence-electron chi connectivity index (χ3n) is 7.54. The number of hydrogen-bond acceptors (Lipinski definition) is 0. The largest absolute Gasteiger partial charge is 0.0654 e. The van der Waals surface area contributed by atoms with Gasteiger partial charge >= 0.3 is 0 Å². The molecule has 0 aromatic heterocycles. The van der Waals surface area contributed by atoms with E-state index in [2.05, 4.69) is 41.5 Å². The second-order valence-corrected chi connectivity index (χ2v) is 10.6. The van der Waals surface area contributed by atoms with E-state index in [1.54, 1.807) is 0 Å². The van der Waals surface area contributed by atoms with Crippen LogP contribution in [0.15, 0.2) is 0 Å². The summed E-state index contributed by atoms with van der Waals surface area (Å²) in [5.41, 5.74) is 1.20. The van der Waals surface area contributed by atoms with Crippen molar-refractivity contribution in [1.29, 1.82) is 0 Å². The van der Waals surface area contributed by atoms with Crippen molar-refractivity contribution in [3.05, 3.63) is 0 Å². The van der Waals surface area contributed by atoms with Crippen LogP contribution in [0.4, 0.5) is 0 Å². The predicted octanol–water partition coefficient (Wildman–Crippen LogP) is 10.9. The summed E-state index contributed by atoms with van der Waals surface area (Å²) < 4.78 is 0. The maximum atomic E-state index is 2.60. The molecule has 0 aromatic rings. The van der Waals surface area contributed by atoms with Gasteiger partial charge in [-0.3, -0.25) is 0 Å². The molecule has 0 aromatic carbocycles. The Morgan fingerprint density at radius 2 is 0.750 bits per heavy atom. The number of rotatable bonds is 21. The Bertz CT molecular complexity index is 320. The summed E-state index contributed by atoms with van der Waals surface area (Å²) >= 11 is 0. The van der Waals surface area contributed by atoms with Crippen molar-refractivity contribution in [2.45, 2.75) is 170 Å². The molecule has 0 amide bonds. The molecule has 0 spiro atoms. The minimum atomic E-state index is 0.595. The quantitative estimate of drug-likeness (QED) is 0.170. The molecule has 2 unspecified atom stereocenters. The maximum absolute atomic E-state index is 2.60. The molecule has 0 fully saturated rings. The SMILES string of the molecule is CCCCCCCCC(C)(CC)CCCC(C)(CCC)CCCCCCCC. The summed E-state index contributed by atoms with van der Waals surface area (Å²) in [7, 11) is 0. The Labute approximate surface area is 181 Å². The van der Waals surface area contributed by atoms with Gasteiger partial charge in [0.25, 0.3) is 0 Å². The van der Waals surface area contributed by atoms with Gasteiger partial charge < -0.3 is 0 Å². The van der Waals surface area contributed by atoms with Crippen LogP contribution in [0.5, 0.6) is 0 Å². The molecule has 0 N–H and O–H groups in total. The van der Waals surface area contributed by atoms with Gasteiger partial charge in [-0.05, 0) is 42.9 Å². The summed E-state index contributed by atoms with van der Waals surface area (Å²) in [4.78, 5) is 0. The smallest absolute Gasteiger partial charge is 0.0326 e. The van der Waals surface area contributed by atoms with Crippen LogP contribution < -0.4 is 0 Å². The molecule has 0 aliphatic rings. The van der Waals surface area contributed by atoms with Crippen molar-refractivity contribution in [2.75, 3.05) is 0 Å². The lowest BCUT2D eigenvalue weighted by atomic mass is 9.72. The van der Waals surface area contributed by atoms with E-state index in [9.17, 15) is 0 Å². The zero-order valence-corrected chi connectivity index (χ0v) is 21.1. The van der Waals surface area contributed by atoms with Gasteiger partial charge in [-0.25, -0.2) is 0 Å². The van der Waals surface area contributed by atoms with Gasteiger partial charge in [0.2, 0.25) is 0 Å². The molecular formula is C28H58. The first-order valence-electron chi connectivity index (χ1n) is 13.4. The normalized spacial score (nSPS) is 16.1. The van der Waals surface area contributed by atoms with Crippen LogP contribution in [0, 0.1) is 10.8 Å². The molecule has 0 radical (unpaired) electrons. The average Bonchev–Trinajstić information content (AvgIpc) is 2.67. The molecule has 2 atom stereocenters. The first-order valence-corrected chi connectivity index (χ1v) is 13.4. The molecule has 0 heterocycles. The van der Waals surface area contributed by atoms with Crippen LogP contribution in [0.3, 0.4) is 0 Å². The molecule has 0 aliphatic heterocycles. The Morgan fingerprint density at radius 1 is 0.357 bits per heavy atom. The van der Waals surface area contributed by atoms with Crippen molar-refractivity contribution in [3.63, 3.8) is 0 Å². The lowest BCUT2D eigenvalue weighted by Gasteiger charge is -2.33. The number of unbranched alkanes of at least 4 members (excludes halogenated alkanes) is 10. The van der Waals surface area contributed by atoms with Crippen LogP contribution in [-0.2, 0) is 0 Å². The molecule has 0 aliphatic carbocycles. The molecule has 170 valence electrons. The molecule has 0 saturated heterocycles. The van der Waals surface area contributed by atoms with Crippen LogP contribution >= 0.6 is 0 Å². The second kappa shape index (κ2) is 17.8. The highest BCUT2D eigenvalue weighted by atomic mass is 14.3. The van der Waals surface area contributed by atoms with Crippen molar-refractivity contribution in [1.82, 2.24) is 0 Å². The Balaban J connectivity index is 4.17. The molecule has 0 rings (SSSR count). The first-order chi connectivity index (χ1) is 13.4. The minimum absolute atomic E-state index is 0.595. The second-order valence-electron chi connectivity index (χ2n) is 10.6. The molecule has 0 nitrogen and oxygen atoms in total. The van der Waals surface area contributed by atoms with E-state index < -0.39 is 0 Å². The lowest BCUT2D eigenvalue weighted by Crippen LogP contribution is -2.20. The Kier molecular flexibility index (Phi) is 17.8. The highest BCUT2D eigenvalue weighted by Crippen LogP contribution is 2.40. The van der Waals surface area contributed by atoms with Crippen molar-refractivity contribution < 1.29 is 0 Å². The maximum Gasteiger partial charge on any atom is -0.0326 e. The first kappa shape index (κ1) is 28.0. The van der Waals surface area contributed by atoms with Crippen LogP contribution in [0.25, 0.3) is 0 Å². The van der Waals surface area contributed by atoms with Gasteiger partial charge in [0.1, 0.15) is 0 Å². The summed E-state index contributed by atoms with van der Waals surface area (Å²) in [6, 6.07) is 0. The fourth-order valence-corrected chi connectivity index (χ4v) is 5.06. The van der Waals surface area contributed by atoms with Gasteiger partial charge in [0.15, 0.2) is 0 Å². The summed E-state index contributed by atoms with van der Waals surface area (Å²) in [6.45, 7) is 14.6. The third kappa shape index (κ3) is 14.9. The van der Waals surface area contributed by atoms with Crippen molar-refractivity contribution >= 4 is 0 Å². The van der Waals surface area contributed by atoms with E-state index in [4.69, 9.17) is 0 Å². The highest BCUT2D eigenvalue weighted by molar-refractivity contribution is 4.78. The van der Waals surface area contributed by atoms with Crippen LogP contribution in [0.1, 0.15) is 170 Å². The zero-order valence-electron chi connectivity index (χ0n) is 21.1. The molecule has 0 saturated carbocycles. The van der Waals surface area contributed by atoms with Gasteiger partial charge in [-0.15, -0.1) is 0 Å². The van der Waals surface area contributed by atoms with Crippen molar-refractivity contribution in [2.24, 2.45) is 10.8 Å². The topological polar surface area (TPSA) is 0 Å². The Morgan fingerprint density at radius 3 is 1.21 bits per heavy atom. The average molecular weight is 395 g/mol. The minimum Gasteiger partial charge on any atom is -0.0654 e. The molecular weight excluding hydrogens is 336 g/mol. The van der Waals surface area contributed by atoms with E-state index in [-0.39, 0.29) is 0 Å². The predicted molar refractivity (Wildman–Crippen MR) is 131 cm³/mol. The van der Waals surface area contributed by atoms with E-state index in [0.717, 1.165) is 0 Å². The van der Waals surface area contributed by atoms with E-state index >= 15 is 0 Å². The molecule has 28 heavy (non-hydrogen) atoms. The highest BCUT2D eigenvalue weighted by Gasteiger charge is 2.26. The van der Waals surface area contributed by atoms with Gasteiger partial charge in [-0.1, -0.05) is 138 Å². The van der Waals surface area contributed by atoms with E-state index in [0.29, 0.717) is 10.8 Å². The fraction of sp³-hybridized carbons (Fsp3) is 1.00. The van der Waals surface area contributed by atoms with Crippen LogP contribution in [0.2, 0.25) is 0 Å². The monoisotopic (exact) mass is 394 g/mol. The van der Waals surface area contributed by atoms with Gasteiger partial charge in [0.05, 0.1) is 0 Å². The van der Waals surface area contributed by atoms with Crippen LogP contribution in [-0.4, -0.2) is 0 Å². The van der Waals surface area contributed by atoms with E-state index in [1.165, 1.54) is 128 Å². The van der Waals surface area contributed by atoms with Gasteiger partial charge in [0, 0.05) is 0 Å². The van der Waals surface area contributed by atoms with Crippen molar-refractivity contribution in [3.8, 4) is 0 Å². The number of hydrogen-bond donors (Lipinski definition) is 0. The summed E-state index contributed by atoms with van der Waals surface area (Å²) in [6.07, 6.45) is 28.7. The van der Waals surface area contributed by atoms with E-state index in [1.807, 2.05) is 0 Å². The zero-order chi connectivity index (χ0) is 21.1. The lowest BCUT2D eigenvalue weighted by molar-refractivity contribution is 0.191. The molecule has 0 heteroatoms. The summed E-state index contributed by atoms with van der Waals surface area (Å²) in [5, 5.41) is 0. The Hall–Kier alpha value is 0. The third-order valence-corrected chi connectivity index (χ3v) is 7.54. The fourth-order valence-electron chi connectivity index (χ4n) is 5.06. The van der Waals surface area contributed by atoms with Gasteiger partial charge in [-0.2, -0.15) is 0 Å². The standard InChI is InChI=1S/C28H58/c1-7-11-13-15-17-19-23-27(5,10-4)25-21-26-28(6,22-9-3)24-20-18-16-14-12-8-2/h7-26H2,1-6H3. The summed E-state index contributed by atoms with van der Waals surface area (Å²) in [5.74, 6) is 0. The molecule has 0 bridgehead atoms.